The van der Waals surface area contributed by atoms with Crippen LogP contribution in [0.3, 0.4) is 0 Å². The summed E-state index contributed by atoms with van der Waals surface area (Å²) in [5.74, 6) is 4.64. The van der Waals surface area contributed by atoms with Gasteiger partial charge in [0.05, 0.1) is 0 Å². The van der Waals surface area contributed by atoms with E-state index in [9.17, 15) is 0 Å². The van der Waals surface area contributed by atoms with Gasteiger partial charge < -0.3 is 0 Å². The van der Waals surface area contributed by atoms with Gasteiger partial charge >= 0.3 is 134 Å². The molecule has 104 valence electrons. The summed E-state index contributed by atoms with van der Waals surface area (Å²) in [5, 5.41) is 0. The molecule has 0 spiro atoms. The molecular formula is C19H19GeN. The fourth-order valence-electron chi connectivity index (χ4n) is 2.36. The van der Waals surface area contributed by atoms with Crippen LogP contribution in [0.25, 0.3) is 11.3 Å². The summed E-state index contributed by atoms with van der Waals surface area (Å²) in [6.07, 6.45) is 1.86. The molecule has 0 unspecified atom stereocenters. The van der Waals surface area contributed by atoms with Gasteiger partial charge in [-0.3, -0.25) is 0 Å². The number of benzene rings is 2. The number of aromatic nitrogens is 1. The summed E-state index contributed by atoms with van der Waals surface area (Å²) in [7, 11) is 0. The predicted molar refractivity (Wildman–Crippen MR) is 92.9 cm³/mol. The summed E-state index contributed by atoms with van der Waals surface area (Å²) in [4.78, 5) is 4.51. The molecule has 0 bridgehead atoms. The molecule has 0 atom stereocenters. The van der Waals surface area contributed by atoms with E-state index in [1.54, 1.807) is 0 Å². The Kier molecular flexibility index (Phi) is 2.78. The molecule has 1 nitrogen and oxygen atoms in total. The number of rotatable bonds is 3. The molecule has 0 amide bonds. The van der Waals surface area contributed by atoms with Crippen molar-refractivity contribution >= 4 is 22.1 Å². The van der Waals surface area contributed by atoms with E-state index in [0.717, 1.165) is 0 Å². The minimum atomic E-state index is -2.41. The third kappa shape index (κ3) is 2.93. The van der Waals surface area contributed by atoms with E-state index in [2.05, 4.69) is 46.8 Å². The van der Waals surface area contributed by atoms with Crippen molar-refractivity contribution < 1.29 is 5.48 Å². The van der Waals surface area contributed by atoms with Crippen LogP contribution in [-0.2, 0) is 0 Å². The Morgan fingerprint density at radius 2 is 1.67 bits per heavy atom. The first kappa shape index (κ1) is 9.96. The molecule has 0 aliphatic heterocycles. The average molecular weight is 338 g/mol. The van der Waals surface area contributed by atoms with E-state index in [1.165, 1.54) is 14.9 Å². The van der Waals surface area contributed by atoms with E-state index in [0.29, 0.717) is 11.3 Å². The van der Waals surface area contributed by atoms with E-state index < -0.39 is 13.3 Å². The van der Waals surface area contributed by atoms with Gasteiger partial charge in [0.2, 0.25) is 0 Å². The third-order valence-electron chi connectivity index (χ3n) is 3.80. The second kappa shape index (κ2) is 5.86. The summed E-state index contributed by atoms with van der Waals surface area (Å²) >= 11 is -2.41. The fraction of sp³-hybridized carbons (Fsp3) is 0.105. The Morgan fingerprint density at radius 1 is 0.857 bits per heavy atom. The predicted octanol–water partition coefficient (Wildman–Crippen LogP) is 3.57. The maximum absolute atomic E-state index is 8.06. The second-order valence-corrected chi connectivity index (χ2v) is 14.7. The van der Waals surface area contributed by atoms with Gasteiger partial charge in [-0.15, -0.1) is 0 Å². The summed E-state index contributed by atoms with van der Waals surface area (Å²) < 4.78 is 33.9. The van der Waals surface area contributed by atoms with Crippen molar-refractivity contribution in [1.82, 2.24) is 4.98 Å². The van der Waals surface area contributed by atoms with Crippen molar-refractivity contribution in [3.63, 3.8) is 0 Å². The van der Waals surface area contributed by atoms with E-state index in [4.69, 9.17) is 5.48 Å². The molecule has 2 aromatic carbocycles. The summed E-state index contributed by atoms with van der Waals surface area (Å²) in [5.41, 5.74) is 1.00. The van der Waals surface area contributed by atoms with Crippen LogP contribution >= 0.6 is 0 Å². The van der Waals surface area contributed by atoms with Crippen LogP contribution in [0.2, 0.25) is 11.5 Å². The molecule has 0 N–H and O–H groups in total. The van der Waals surface area contributed by atoms with Gasteiger partial charge in [0.1, 0.15) is 0 Å². The van der Waals surface area contributed by atoms with Crippen LogP contribution in [0.1, 0.15) is 5.48 Å². The standard InChI is InChI=1S/C19H19GeN/c1-20(2,17-11-7-4-8-12-17)18-13-14-19(21-15-18)16-9-5-3-6-10-16/h3-15H,1-2H3/i3D,5D,6D,9D. The van der Waals surface area contributed by atoms with Gasteiger partial charge in [0, 0.05) is 0 Å². The molecule has 0 saturated heterocycles. The zero-order chi connectivity index (χ0) is 18.2. The molecule has 21 heavy (non-hydrogen) atoms. The first-order valence-corrected chi connectivity index (χ1v) is 13.2. The van der Waals surface area contributed by atoms with E-state index in [1.807, 2.05) is 18.3 Å². The maximum atomic E-state index is 8.06. The zero-order valence-electron chi connectivity index (χ0n) is 16.1. The Bertz CT molecular complexity index is 909. The van der Waals surface area contributed by atoms with Crippen molar-refractivity contribution in [3.05, 3.63) is 78.9 Å². The summed E-state index contributed by atoms with van der Waals surface area (Å²) in [6.45, 7) is 0. The van der Waals surface area contributed by atoms with Crippen molar-refractivity contribution in [2.24, 2.45) is 0 Å². The van der Waals surface area contributed by atoms with Crippen molar-refractivity contribution in [2.75, 3.05) is 0 Å². The Morgan fingerprint density at radius 3 is 2.38 bits per heavy atom. The number of hydrogen-bond acceptors (Lipinski definition) is 1. The number of pyridine rings is 1. The molecule has 0 aliphatic rings. The molecule has 1 aromatic heterocycles. The molecule has 3 rings (SSSR count). The van der Waals surface area contributed by atoms with Gasteiger partial charge in [-0.25, -0.2) is 0 Å². The molecule has 0 fully saturated rings. The first-order valence-electron chi connectivity index (χ1n) is 8.92. The van der Waals surface area contributed by atoms with E-state index in [-0.39, 0.29) is 24.2 Å². The zero-order valence-corrected chi connectivity index (χ0v) is 14.2. The molecule has 3 aromatic rings. The van der Waals surface area contributed by atoms with Crippen LogP contribution in [0, 0.1) is 0 Å². The number of hydrogen-bond donors (Lipinski definition) is 0. The van der Waals surface area contributed by atoms with Gasteiger partial charge in [-0.1, -0.05) is 0 Å². The average Bonchev–Trinajstić information content (AvgIpc) is 2.64. The third-order valence-corrected chi connectivity index (χ3v) is 11.2. The van der Waals surface area contributed by atoms with Crippen molar-refractivity contribution in [1.29, 1.82) is 0 Å². The fourth-order valence-corrected chi connectivity index (χ4v) is 7.07. The van der Waals surface area contributed by atoms with Gasteiger partial charge in [0.25, 0.3) is 0 Å². The molecule has 0 saturated carbocycles. The molecule has 0 aliphatic carbocycles. The Balaban J connectivity index is 2.02. The molecular weight excluding hydrogens is 315 g/mol. The Labute approximate surface area is 134 Å². The first-order chi connectivity index (χ1) is 11.8. The SMILES string of the molecule is [2H]c1cc(-c2cc[c]([Ge]([CH3])([CH3])[c]3ccccc3)cn2)c([2H])c([2H])c1[2H]. The Hall–Kier alpha value is -1.87. The minimum absolute atomic E-state index is 0.0508. The van der Waals surface area contributed by atoms with Gasteiger partial charge in [-0.2, -0.15) is 0 Å². The molecule has 0 radical (unpaired) electrons. The van der Waals surface area contributed by atoms with Crippen LogP contribution < -0.4 is 8.79 Å². The second-order valence-electron chi connectivity index (χ2n) is 5.50. The normalized spacial score (nSPS) is 14.0. The van der Waals surface area contributed by atoms with Gasteiger partial charge in [-0.05, 0) is 0 Å². The van der Waals surface area contributed by atoms with Crippen molar-refractivity contribution in [3.8, 4) is 11.3 Å². The monoisotopic (exact) mass is 339 g/mol. The van der Waals surface area contributed by atoms with E-state index >= 15 is 0 Å². The van der Waals surface area contributed by atoms with Crippen LogP contribution in [-0.4, -0.2) is 18.3 Å². The number of nitrogens with zero attached hydrogens (tertiary/aromatic N) is 1. The van der Waals surface area contributed by atoms with Crippen LogP contribution in [0.5, 0.6) is 0 Å². The molecule has 2 heteroatoms. The van der Waals surface area contributed by atoms with Crippen LogP contribution in [0.4, 0.5) is 0 Å². The summed E-state index contributed by atoms with van der Waals surface area (Å²) in [6, 6.07) is 15.3. The topological polar surface area (TPSA) is 12.9 Å². The van der Waals surface area contributed by atoms with Gasteiger partial charge in [0.15, 0.2) is 0 Å². The quantitative estimate of drug-likeness (QED) is 0.666. The molecule has 1 heterocycles. The van der Waals surface area contributed by atoms with Crippen molar-refractivity contribution in [2.45, 2.75) is 11.5 Å². The van der Waals surface area contributed by atoms with Crippen LogP contribution in [0.15, 0.2) is 78.9 Å².